The molecular formula is C18H22N4OS. The third-order valence-corrected chi connectivity index (χ3v) is 5.53. The molecule has 0 fully saturated rings. The minimum atomic E-state index is -0.493. The second-order valence-electron chi connectivity index (χ2n) is 5.94. The Morgan fingerprint density at radius 3 is 2.58 bits per heavy atom. The molecule has 5 nitrogen and oxygen atoms in total. The Hall–Kier alpha value is -2.18. The number of carbonyl (C=O) groups is 1. The minimum Gasteiger partial charge on any atom is -0.329 e. The van der Waals surface area contributed by atoms with E-state index in [1.807, 2.05) is 60.3 Å². The number of hydrogen-bond acceptors (Lipinski definition) is 4. The maximum absolute atomic E-state index is 12.6. The standard InChI is InChI=1S/C18H22N4OS/c1-3-18(4-2,12-19)16(23)20-14-7-5-13(6-8-14)15-11-22-9-10-24-17(22)21-15/h5-11H,3-4,12,19H2,1-2H3,(H,20,23). The molecule has 0 aliphatic rings. The molecule has 0 saturated carbocycles. The Balaban J connectivity index is 1.77. The summed E-state index contributed by atoms with van der Waals surface area (Å²) in [5.74, 6) is -0.00902. The third kappa shape index (κ3) is 2.95. The normalized spacial score (nSPS) is 11.8. The molecule has 24 heavy (non-hydrogen) atoms. The minimum absolute atomic E-state index is 0.00902. The smallest absolute Gasteiger partial charge is 0.231 e. The fourth-order valence-corrected chi connectivity index (χ4v) is 3.51. The van der Waals surface area contributed by atoms with Gasteiger partial charge < -0.3 is 11.1 Å². The maximum Gasteiger partial charge on any atom is 0.231 e. The summed E-state index contributed by atoms with van der Waals surface area (Å²) in [5, 5.41) is 5.00. The van der Waals surface area contributed by atoms with E-state index in [-0.39, 0.29) is 5.91 Å². The highest BCUT2D eigenvalue weighted by Crippen LogP contribution is 2.28. The van der Waals surface area contributed by atoms with E-state index in [0.29, 0.717) is 6.54 Å². The number of nitrogens with two attached hydrogens (primary N) is 1. The van der Waals surface area contributed by atoms with E-state index in [9.17, 15) is 4.79 Å². The van der Waals surface area contributed by atoms with Crippen LogP contribution in [0.25, 0.3) is 16.2 Å². The number of imidazole rings is 1. The van der Waals surface area contributed by atoms with Gasteiger partial charge in [0.25, 0.3) is 0 Å². The Morgan fingerprint density at radius 1 is 1.29 bits per heavy atom. The molecule has 6 heteroatoms. The maximum atomic E-state index is 12.6. The molecule has 1 aromatic carbocycles. The fraction of sp³-hybridized carbons (Fsp3) is 0.333. The van der Waals surface area contributed by atoms with Crippen LogP contribution in [0.1, 0.15) is 26.7 Å². The number of aromatic nitrogens is 2. The molecule has 0 radical (unpaired) electrons. The molecule has 0 atom stereocenters. The van der Waals surface area contributed by atoms with Crippen LogP contribution >= 0.6 is 11.3 Å². The van der Waals surface area contributed by atoms with Gasteiger partial charge in [0.1, 0.15) is 0 Å². The van der Waals surface area contributed by atoms with Crippen LogP contribution in [-0.4, -0.2) is 21.8 Å². The van der Waals surface area contributed by atoms with Gasteiger partial charge in [0.05, 0.1) is 11.1 Å². The van der Waals surface area contributed by atoms with Gasteiger partial charge in [0.2, 0.25) is 5.91 Å². The van der Waals surface area contributed by atoms with E-state index in [1.165, 1.54) is 0 Å². The highest BCUT2D eigenvalue weighted by atomic mass is 32.1. The molecule has 126 valence electrons. The van der Waals surface area contributed by atoms with Gasteiger partial charge in [-0.3, -0.25) is 9.20 Å². The number of anilines is 1. The second kappa shape index (κ2) is 6.75. The van der Waals surface area contributed by atoms with Crippen molar-refractivity contribution in [1.82, 2.24) is 9.38 Å². The second-order valence-corrected chi connectivity index (χ2v) is 6.82. The summed E-state index contributed by atoms with van der Waals surface area (Å²) in [7, 11) is 0. The van der Waals surface area contributed by atoms with Crippen LogP contribution in [0.15, 0.2) is 42.0 Å². The molecule has 0 aliphatic carbocycles. The number of hydrogen-bond donors (Lipinski definition) is 2. The molecule has 0 unspecified atom stereocenters. The zero-order chi connectivity index (χ0) is 17.2. The number of nitrogens with zero attached hydrogens (tertiary/aromatic N) is 2. The van der Waals surface area contributed by atoms with Gasteiger partial charge in [0, 0.05) is 35.6 Å². The van der Waals surface area contributed by atoms with E-state index in [4.69, 9.17) is 5.73 Å². The van der Waals surface area contributed by atoms with Gasteiger partial charge >= 0.3 is 0 Å². The van der Waals surface area contributed by atoms with Gasteiger partial charge in [-0.2, -0.15) is 0 Å². The van der Waals surface area contributed by atoms with Crippen molar-refractivity contribution < 1.29 is 4.79 Å². The molecule has 3 rings (SSSR count). The molecule has 0 bridgehead atoms. The van der Waals surface area contributed by atoms with Crippen LogP contribution in [0.2, 0.25) is 0 Å². The van der Waals surface area contributed by atoms with Crippen molar-refractivity contribution in [2.45, 2.75) is 26.7 Å². The third-order valence-electron chi connectivity index (χ3n) is 4.76. The lowest BCUT2D eigenvalue weighted by molar-refractivity contribution is -0.125. The monoisotopic (exact) mass is 342 g/mol. The Kier molecular flexibility index (Phi) is 4.69. The van der Waals surface area contributed by atoms with Crippen molar-refractivity contribution in [3.05, 3.63) is 42.0 Å². The van der Waals surface area contributed by atoms with Gasteiger partial charge in [-0.25, -0.2) is 4.98 Å². The highest BCUT2D eigenvalue weighted by molar-refractivity contribution is 7.15. The van der Waals surface area contributed by atoms with Crippen molar-refractivity contribution in [3.8, 4) is 11.3 Å². The number of rotatable bonds is 6. The quantitative estimate of drug-likeness (QED) is 0.716. The lowest BCUT2D eigenvalue weighted by atomic mass is 9.81. The van der Waals surface area contributed by atoms with Gasteiger partial charge in [-0.15, -0.1) is 11.3 Å². The van der Waals surface area contributed by atoms with E-state index in [1.54, 1.807) is 11.3 Å². The molecule has 3 aromatic rings. The summed E-state index contributed by atoms with van der Waals surface area (Å²) in [6.45, 7) is 4.36. The first kappa shape index (κ1) is 16.7. The molecular weight excluding hydrogens is 320 g/mol. The van der Waals surface area contributed by atoms with Crippen molar-refractivity contribution in [2.24, 2.45) is 11.1 Å². The molecule has 3 N–H and O–H groups in total. The Labute approximate surface area is 145 Å². The van der Waals surface area contributed by atoms with Crippen LogP contribution in [0.4, 0.5) is 5.69 Å². The van der Waals surface area contributed by atoms with Crippen LogP contribution in [-0.2, 0) is 4.79 Å². The predicted octanol–water partition coefficient (Wildman–Crippen LogP) is 3.77. The van der Waals surface area contributed by atoms with Crippen LogP contribution < -0.4 is 11.1 Å². The van der Waals surface area contributed by atoms with E-state index in [0.717, 1.165) is 34.7 Å². The van der Waals surface area contributed by atoms with Crippen molar-refractivity contribution in [1.29, 1.82) is 0 Å². The number of nitrogens with one attached hydrogen (secondary N) is 1. The average molecular weight is 342 g/mol. The Bertz CT molecular complexity index is 793. The first-order valence-corrected chi connectivity index (χ1v) is 9.04. The summed E-state index contributed by atoms with van der Waals surface area (Å²) in [6, 6.07) is 7.77. The lowest BCUT2D eigenvalue weighted by Crippen LogP contribution is -2.41. The molecule has 2 aromatic heterocycles. The first-order chi connectivity index (χ1) is 11.6. The lowest BCUT2D eigenvalue weighted by Gasteiger charge is -2.28. The summed E-state index contributed by atoms with van der Waals surface area (Å²) in [5.41, 5.74) is 8.09. The fourth-order valence-electron chi connectivity index (χ4n) is 2.81. The summed E-state index contributed by atoms with van der Waals surface area (Å²) >= 11 is 1.61. The van der Waals surface area contributed by atoms with Crippen LogP contribution in [0.5, 0.6) is 0 Å². The largest absolute Gasteiger partial charge is 0.329 e. The Morgan fingerprint density at radius 2 is 2.00 bits per heavy atom. The molecule has 2 heterocycles. The van der Waals surface area contributed by atoms with E-state index < -0.39 is 5.41 Å². The van der Waals surface area contributed by atoms with Gasteiger partial charge in [0.15, 0.2) is 4.96 Å². The summed E-state index contributed by atoms with van der Waals surface area (Å²) < 4.78 is 2.01. The van der Waals surface area contributed by atoms with Crippen molar-refractivity contribution in [2.75, 3.05) is 11.9 Å². The number of thiazole rings is 1. The van der Waals surface area contributed by atoms with Gasteiger partial charge in [-0.05, 0) is 25.0 Å². The predicted molar refractivity (Wildman–Crippen MR) is 99.2 cm³/mol. The summed E-state index contributed by atoms with van der Waals surface area (Å²) in [4.78, 5) is 18.1. The molecule has 0 aliphatic heterocycles. The SMILES string of the molecule is CCC(CC)(CN)C(=O)Nc1ccc(-c2cn3ccsc3n2)cc1. The van der Waals surface area contributed by atoms with Crippen LogP contribution in [0.3, 0.4) is 0 Å². The number of carbonyl (C=O) groups excluding carboxylic acids is 1. The average Bonchev–Trinajstić information content (AvgIpc) is 3.19. The summed E-state index contributed by atoms with van der Waals surface area (Å²) in [6.07, 6.45) is 5.46. The number of fused-ring (bicyclic) bond motifs is 1. The highest BCUT2D eigenvalue weighted by Gasteiger charge is 2.33. The zero-order valence-corrected chi connectivity index (χ0v) is 14.8. The first-order valence-electron chi connectivity index (χ1n) is 8.16. The van der Waals surface area contributed by atoms with E-state index >= 15 is 0 Å². The van der Waals surface area contributed by atoms with Gasteiger partial charge in [-0.1, -0.05) is 26.0 Å². The molecule has 0 spiro atoms. The van der Waals surface area contributed by atoms with E-state index in [2.05, 4.69) is 10.3 Å². The topological polar surface area (TPSA) is 72.4 Å². The number of amides is 1. The molecule has 0 saturated heterocycles. The zero-order valence-electron chi connectivity index (χ0n) is 14.0. The van der Waals surface area contributed by atoms with Crippen LogP contribution in [0, 0.1) is 5.41 Å². The number of benzene rings is 1. The molecule has 1 amide bonds. The van der Waals surface area contributed by atoms with Crippen molar-refractivity contribution in [3.63, 3.8) is 0 Å². The van der Waals surface area contributed by atoms with Crippen molar-refractivity contribution >= 4 is 27.9 Å².